The average molecular weight is 457 g/mol. The number of H-pyrrole nitrogens is 2. The molecule has 6 aromatic rings. The highest BCUT2D eigenvalue weighted by Gasteiger charge is 2.21. The van der Waals surface area contributed by atoms with Crippen molar-refractivity contribution in [3.8, 4) is 34.0 Å². The molecule has 33 heavy (non-hydrogen) atoms. The molecule has 0 bridgehead atoms. The van der Waals surface area contributed by atoms with E-state index in [1.165, 1.54) is 0 Å². The highest BCUT2D eigenvalue weighted by Crippen LogP contribution is 2.34. The van der Waals surface area contributed by atoms with Gasteiger partial charge in [-0.15, -0.1) is 0 Å². The number of rotatable bonds is 4. The summed E-state index contributed by atoms with van der Waals surface area (Å²) in [5.74, 6) is -0.0254. The van der Waals surface area contributed by atoms with Gasteiger partial charge in [0.2, 0.25) is 0 Å². The zero-order valence-electron chi connectivity index (χ0n) is 17.7. The molecule has 2 N–H and O–H groups in total. The van der Waals surface area contributed by atoms with Gasteiger partial charge in [-0.05, 0) is 23.6 Å². The maximum absolute atomic E-state index is 15.8. The summed E-state index contributed by atoms with van der Waals surface area (Å²) >= 11 is 1.59. The lowest BCUT2D eigenvalue weighted by molar-refractivity contribution is 0.638. The van der Waals surface area contributed by atoms with Crippen molar-refractivity contribution >= 4 is 39.0 Å². The Labute approximate surface area is 191 Å². The second-order valence-electron chi connectivity index (χ2n) is 7.76. The fourth-order valence-corrected chi connectivity index (χ4v) is 4.45. The Kier molecular flexibility index (Phi) is 4.40. The van der Waals surface area contributed by atoms with E-state index >= 15 is 4.39 Å². The number of hydrogen-bond acceptors (Lipinski definition) is 7. The van der Waals surface area contributed by atoms with Crippen LogP contribution in [0, 0.1) is 5.82 Å². The van der Waals surface area contributed by atoms with E-state index in [2.05, 4.69) is 30.1 Å². The van der Waals surface area contributed by atoms with Gasteiger partial charge < -0.3 is 9.88 Å². The van der Waals surface area contributed by atoms with Crippen molar-refractivity contribution in [1.29, 1.82) is 0 Å². The third-order valence-electron chi connectivity index (χ3n) is 5.48. The number of nitrogens with zero attached hydrogens (tertiary/aromatic N) is 6. The molecule has 6 rings (SSSR count). The molecule has 0 fully saturated rings. The van der Waals surface area contributed by atoms with Crippen LogP contribution in [0.2, 0.25) is 0 Å². The Morgan fingerprint density at radius 3 is 2.70 bits per heavy atom. The SMILES string of the molecule is CN(C)c1cncc(-c2ncc3[nH]nc(-c4nc5c(-c6ccsc6)nccc5[nH]4)c3c2F)c1. The summed E-state index contributed by atoms with van der Waals surface area (Å²) in [6, 6.07) is 5.69. The van der Waals surface area contributed by atoms with Crippen molar-refractivity contribution in [2.24, 2.45) is 0 Å². The minimum Gasteiger partial charge on any atom is -0.376 e. The lowest BCUT2D eigenvalue weighted by Gasteiger charge is -2.13. The van der Waals surface area contributed by atoms with Gasteiger partial charge in [-0.2, -0.15) is 16.4 Å². The van der Waals surface area contributed by atoms with Gasteiger partial charge in [0.05, 0.1) is 40.2 Å². The summed E-state index contributed by atoms with van der Waals surface area (Å²) in [6.07, 6.45) is 6.63. The standard InChI is InChI=1S/C23H17FN8S/c1-32(2)14-7-13(8-25-9-14)19-18(24)17-16(10-27-19)30-31-22(17)23-28-15-3-5-26-20(21(15)29-23)12-4-6-33-11-12/h3-11H,1-2H3,(H,28,29)(H,30,31). The maximum Gasteiger partial charge on any atom is 0.161 e. The molecule has 0 aromatic carbocycles. The minimum absolute atomic E-state index is 0.207. The van der Waals surface area contributed by atoms with Crippen molar-refractivity contribution < 1.29 is 4.39 Å². The second-order valence-corrected chi connectivity index (χ2v) is 8.54. The number of aromatic nitrogens is 7. The third-order valence-corrected chi connectivity index (χ3v) is 6.16. The van der Waals surface area contributed by atoms with Gasteiger partial charge in [-0.3, -0.25) is 20.1 Å². The monoisotopic (exact) mass is 456 g/mol. The number of halogens is 1. The molecule has 0 saturated carbocycles. The van der Waals surface area contributed by atoms with Crippen LogP contribution in [0.25, 0.3) is 56.0 Å². The topological polar surface area (TPSA) is 99.3 Å². The van der Waals surface area contributed by atoms with E-state index in [0.29, 0.717) is 33.5 Å². The molecule has 0 aliphatic rings. The Balaban J connectivity index is 1.53. The number of fused-ring (bicyclic) bond motifs is 2. The highest BCUT2D eigenvalue weighted by molar-refractivity contribution is 7.08. The van der Waals surface area contributed by atoms with Crippen LogP contribution < -0.4 is 4.90 Å². The van der Waals surface area contributed by atoms with Crippen LogP contribution >= 0.6 is 11.3 Å². The first-order valence-corrected chi connectivity index (χ1v) is 11.1. The van der Waals surface area contributed by atoms with E-state index in [1.807, 2.05) is 48.0 Å². The highest BCUT2D eigenvalue weighted by atomic mass is 32.1. The van der Waals surface area contributed by atoms with Crippen LogP contribution in [0.1, 0.15) is 0 Å². The van der Waals surface area contributed by atoms with Gasteiger partial charge in [-0.25, -0.2) is 9.37 Å². The molecule has 6 heterocycles. The van der Waals surface area contributed by atoms with Crippen LogP contribution in [-0.2, 0) is 0 Å². The third kappa shape index (κ3) is 3.14. The number of anilines is 1. The molecule has 162 valence electrons. The van der Waals surface area contributed by atoms with E-state index < -0.39 is 5.82 Å². The smallest absolute Gasteiger partial charge is 0.161 e. The number of nitrogens with one attached hydrogen (secondary N) is 2. The van der Waals surface area contributed by atoms with E-state index in [1.54, 1.807) is 36.1 Å². The quantitative estimate of drug-likeness (QED) is 0.392. The van der Waals surface area contributed by atoms with Crippen LogP contribution in [0.4, 0.5) is 10.1 Å². The van der Waals surface area contributed by atoms with Crippen molar-refractivity contribution in [1.82, 2.24) is 35.1 Å². The van der Waals surface area contributed by atoms with Crippen molar-refractivity contribution in [3.05, 3.63) is 59.6 Å². The summed E-state index contributed by atoms with van der Waals surface area (Å²) in [4.78, 5) is 23.0. The first kappa shape index (κ1) is 19.5. The Morgan fingerprint density at radius 2 is 1.88 bits per heavy atom. The van der Waals surface area contributed by atoms with Gasteiger partial charge in [0, 0.05) is 43.0 Å². The van der Waals surface area contributed by atoms with E-state index in [-0.39, 0.29) is 5.69 Å². The van der Waals surface area contributed by atoms with Gasteiger partial charge in [0.25, 0.3) is 0 Å². The van der Waals surface area contributed by atoms with E-state index in [9.17, 15) is 0 Å². The van der Waals surface area contributed by atoms with Crippen molar-refractivity contribution in [2.45, 2.75) is 0 Å². The summed E-state index contributed by atoms with van der Waals surface area (Å²) < 4.78 is 15.8. The zero-order valence-corrected chi connectivity index (χ0v) is 18.5. The molecule has 6 aromatic heterocycles. The predicted molar refractivity (Wildman–Crippen MR) is 128 cm³/mol. The first-order chi connectivity index (χ1) is 16.1. The Bertz CT molecular complexity index is 1620. The molecular formula is C23H17FN8S. The molecule has 0 aliphatic heterocycles. The summed E-state index contributed by atoms with van der Waals surface area (Å²) in [7, 11) is 3.81. The average Bonchev–Trinajstić information content (AvgIpc) is 3.58. The van der Waals surface area contributed by atoms with Crippen LogP contribution in [0.5, 0.6) is 0 Å². The maximum atomic E-state index is 15.8. The zero-order chi connectivity index (χ0) is 22.5. The van der Waals surface area contributed by atoms with Gasteiger partial charge in [0.1, 0.15) is 16.9 Å². The number of thiophene rings is 1. The summed E-state index contributed by atoms with van der Waals surface area (Å²) in [5, 5.41) is 11.6. The molecule has 0 unspecified atom stereocenters. The minimum atomic E-state index is -0.481. The molecule has 0 atom stereocenters. The molecule has 0 radical (unpaired) electrons. The molecule has 0 amide bonds. The second kappa shape index (κ2) is 7.45. The Morgan fingerprint density at radius 1 is 0.970 bits per heavy atom. The largest absolute Gasteiger partial charge is 0.376 e. The van der Waals surface area contributed by atoms with Gasteiger partial charge in [0.15, 0.2) is 11.6 Å². The lowest BCUT2D eigenvalue weighted by atomic mass is 10.1. The van der Waals surface area contributed by atoms with Crippen LogP contribution in [0.3, 0.4) is 0 Å². The normalized spacial score (nSPS) is 11.5. The first-order valence-electron chi connectivity index (χ1n) is 10.1. The van der Waals surface area contributed by atoms with E-state index in [0.717, 1.165) is 22.5 Å². The summed E-state index contributed by atoms with van der Waals surface area (Å²) in [5.41, 5.74) is 5.78. The van der Waals surface area contributed by atoms with Gasteiger partial charge >= 0.3 is 0 Å². The van der Waals surface area contributed by atoms with Crippen molar-refractivity contribution in [3.63, 3.8) is 0 Å². The van der Waals surface area contributed by atoms with Gasteiger partial charge in [-0.1, -0.05) is 0 Å². The van der Waals surface area contributed by atoms with E-state index in [4.69, 9.17) is 4.98 Å². The van der Waals surface area contributed by atoms with Crippen molar-refractivity contribution in [2.75, 3.05) is 19.0 Å². The fraction of sp³-hybridized carbons (Fsp3) is 0.0870. The van der Waals surface area contributed by atoms with Crippen LogP contribution in [0.15, 0.2) is 53.7 Å². The Hall–Kier alpha value is -4.18. The number of hydrogen-bond donors (Lipinski definition) is 2. The summed E-state index contributed by atoms with van der Waals surface area (Å²) in [6.45, 7) is 0. The molecule has 0 saturated heterocycles. The molecule has 8 nitrogen and oxygen atoms in total. The predicted octanol–water partition coefficient (Wildman–Crippen LogP) is 4.89. The number of imidazole rings is 1. The number of aromatic amines is 2. The molecule has 0 aliphatic carbocycles. The van der Waals surface area contributed by atoms with Crippen LogP contribution in [-0.4, -0.2) is 49.2 Å². The number of pyridine rings is 3. The fourth-order valence-electron chi connectivity index (χ4n) is 3.81. The molecular weight excluding hydrogens is 439 g/mol. The molecule has 10 heteroatoms. The molecule has 0 spiro atoms. The lowest BCUT2D eigenvalue weighted by Crippen LogP contribution is -2.09.